The Balaban J connectivity index is 3.84. The Morgan fingerprint density at radius 2 is 2.07 bits per heavy atom. The number of halogens is 3. The number of amides is 1. The summed E-state index contributed by atoms with van der Waals surface area (Å²) in [6, 6.07) is -0.398. The molecular weight excluding hydrogens is 213 g/mol. The molecule has 0 aromatic carbocycles. The van der Waals surface area contributed by atoms with E-state index in [4.69, 9.17) is 5.11 Å². The first kappa shape index (κ1) is 14.2. The van der Waals surface area contributed by atoms with Gasteiger partial charge in [-0.1, -0.05) is 0 Å². The molecule has 0 rings (SSSR count). The number of aliphatic hydroxyl groups excluding tert-OH is 1. The van der Waals surface area contributed by atoms with E-state index in [0.29, 0.717) is 0 Å². The quantitative estimate of drug-likeness (QED) is 0.695. The third-order valence-electron chi connectivity index (χ3n) is 1.92. The van der Waals surface area contributed by atoms with Crippen molar-refractivity contribution in [3.8, 4) is 0 Å². The Labute approximate surface area is 86.1 Å². The van der Waals surface area contributed by atoms with E-state index in [1.54, 1.807) is 6.92 Å². The predicted molar refractivity (Wildman–Crippen MR) is 48.2 cm³/mol. The Kier molecular flexibility index (Phi) is 5.59. The van der Waals surface area contributed by atoms with Gasteiger partial charge in [-0.2, -0.15) is 13.2 Å². The lowest BCUT2D eigenvalue weighted by molar-refractivity contribution is -0.135. The Morgan fingerprint density at radius 1 is 1.53 bits per heavy atom. The van der Waals surface area contributed by atoms with Gasteiger partial charge in [0, 0.05) is 7.05 Å². The lowest BCUT2D eigenvalue weighted by Crippen LogP contribution is -2.43. The number of aliphatic hydroxyl groups is 1. The molecule has 0 heterocycles. The van der Waals surface area contributed by atoms with Gasteiger partial charge < -0.3 is 15.3 Å². The van der Waals surface area contributed by atoms with Gasteiger partial charge in [0.1, 0.15) is 0 Å². The predicted octanol–water partition coefficient (Wildman–Crippen LogP) is -0.0225. The smallest absolute Gasteiger partial charge is 0.394 e. The minimum absolute atomic E-state index is 0.221. The summed E-state index contributed by atoms with van der Waals surface area (Å²) in [4.78, 5) is 12.4. The molecule has 15 heavy (non-hydrogen) atoms. The van der Waals surface area contributed by atoms with Crippen LogP contribution in [0.15, 0.2) is 0 Å². The van der Waals surface area contributed by atoms with Gasteiger partial charge in [-0.15, -0.1) is 0 Å². The van der Waals surface area contributed by atoms with Crippen LogP contribution in [0.5, 0.6) is 0 Å². The molecule has 1 atom stereocenters. The number of nitrogens with one attached hydrogen (secondary N) is 1. The Morgan fingerprint density at radius 3 is 2.47 bits per heavy atom. The van der Waals surface area contributed by atoms with Crippen molar-refractivity contribution in [2.45, 2.75) is 19.1 Å². The van der Waals surface area contributed by atoms with Crippen LogP contribution in [-0.4, -0.2) is 54.9 Å². The fourth-order valence-electron chi connectivity index (χ4n) is 0.804. The zero-order valence-corrected chi connectivity index (χ0v) is 8.64. The maximum absolute atomic E-state index is 11.7. The number of hydrogen-bond acceptors (Lipinski definition) is 3. The average Bonchev–Trinajstić information content (AvgIpc) is 2.13. The minimum Gasteiger partial charge on any atom is -0.394 e. The van der Waals surface area contributed by atoms with Gasteiger partial charge in [0.05, 0.1) is 25.7 Å². The van der Waals surface area contributed by atoms with E-state index in [0.717, 1.165) is 0 Å². The summed E-state index contributed by atoms with van der Waals surface area (Å²) in [7, 11) is 1.43. The van der Waals surface area contributed by atoms with Gasteiger partial charge in [0.25, 0.3) is 0 Å². The second-order valence-corrected chi connectivity index (χ2v) is 3.25. The number of carbonyl (C=O) groups is 1. The molecule has 0 radical (unpaired) electrons. The zero-order chi connectivity index (χ0) is 12.1. The minimum atomic E-state index is -4.32. The number of alkyl halides is 3. The van der Waals surface area contributed by atoms with Crippen molar-refractivity contribution in [1.29, 1.82) is 0 Å². The lowest BCUT2D eigenvalue weighted by Gasteiger charge is -2.23. The summed E-state index contributed by atoms with van der Waals surface area (Å²) >= 11 is 0. The van der Waals surface area contributed by atoms with Crippen LogP contribution in [0.2, 0.25) is 0 Å². The molecule has 0 spiro atoms. The molecule has 0 aliphatic carbocycles. The highest BCUT2D eigenvalue weighted by atomic mass is 19.4. The van der Waals surface area contributed by atoms with Crippen molar-refractivity contribution in [1.82, 2.24) is 10.2 Å². The molecule has 0 fully saturated rings. The highest BCUT2D eigenvalue weighted by Crippen LogP contribution is 2.11. The SMILES string of the molecule is CC(CO)N(C)C(=O)CNCC(F)(F)F. The van der Waals surface area contributed by atoms with E-state index in [1.165, 1.54) is 11.9 Å². The summed E-state index contributed by atoms with van der Waals surface area (Å²) in [5.74, 6) is -0.485. The number of hydrogen-bond donors (Lipinski definition) is 2. The second-order valence-electron chi connectivity index (χ2n) is 3.25. The first-order valence-electron chi connectivity index (χ1n) is 4.42. The molecule has 0 saturated carbocycles. The first-order chi connectivity index (χ1) is 6.78. The van der Waals surface area contributed by atoms with E-state index in [-0.39, 0.29) is 13.2 Å². The summed E-state index contributed by atoms with van der Waals surface area (Å²) in [6.07, 6.45) is -4.32. The second kappa shape index (κ2) is 5.92. The van der Waals surface area contributed by atoms with Crippen LogP contribution in [0.25, 0.3) is 0 Å². The standard InChI is InChI=1S/C8H15F3N2O2/c1-6(4-14)13(2)7(15)3-12-5-8(9,10)11/h6,12,14H,3-5H2,1-2H3. The summed E-state index contributed by atoms with van der Waals surface area (Å²) in [5.41, 5.74) is 0. The first-order valence-corrected chi connectivity index (χ1v) is 4.42. The van der Waals surface area contributed by atoms with Crippen molar-refractivity contribution < 1.29 is 23.1 Å². The summed E-state index contributed by atoms with van der Waals surface area (Å²) in [6.45, 7) is -0.205. The van der Waals surface area contributed by atoms with Crippen LogP contribution in [-0.2, 0) is 4.79 Å². The molecule has 0 aliphatic heterocycles. The van der Waals surface area contributed by atoms with Crippen LogP contribution >= 0.6 is 0 Å². The monoisotopic (exact) mass is 228 g/mol. The molecule has 0 saturated heterocycles. The van der Waals surface area contributed by atoms with Gasteiger partial charge in [-0.25, -0.2) is 0 Å². The van der Waals surface area contributed by atoms with Crippen LogP contribution < -0.4 is 5.32 Å². The number of nitrogens with zero attached hydrogens (tertiary/aromatic N) is 1. The molecule has 1 unspecified atom stereocenters. The van der Waals surface area contributed by atoms with Crippen molar-refractivity contribution in [3.63, 3.8) is 0 Å². The van der Waals surface area contributed by atoms with Crippen LogP contribution in [0.3, 0.4) is 0 Å². The molecule has 4 nitrogen and oxygen atoms in total. The number of likely N-dealkylation sites (N-methyl/N-ethyl adjacent to an activating group) is 1. The van der Waals surface area contributed by atoms with Crippen molar-refractivity contribution in [3.05, 3.63) is 0 Å². The molecule has 2 N–H and O–H groups in total. The van der Waals surface area contributed by atoms with Gasteiger partial charge in [0.2, 0.25) is 5.91 Å². The summed E-state index contributed by atoms with van der Waals surface area (Å²) < 4.78 is 35.1. The van der Waals surface area contributed by atoms with Gasteiger partial charge in [-0.05, 0) is 6.92 Å². The van der Waals surface area contributed by atoms with E-state index in [2.05, 4.69) is 0 Å². The molecule has 90 valence electrons. The molecule has 0 aromatic heterocycles. The third kappa shape index (κ3) is 6.29. The number of rotatable bonds is 5. The third-order valence-corrected chi connectivity index (χ3v) is 1.92. The van der Waals surface area contributed by atoms with Crippen molar-refractivity contribution in [2.24, 2.45) is 0 Å². The molecule has 0 aliphatic rings. The fraction of sp³-hybridized carbons (Fsp3) is 0.875. The van der Waals surface area contributed by atoms with Crippen LogP contribution in [0, 0.1) is 0 Å². The normalized spacial score (nSPS) is 13.7. The molecule has 1 amide bonds. The van der Waals surface area contributed by atoms with Gasteiger partial charge in [0.15, 0.2) is 0 Å². The fourth-order valence-corrected chi connectivity index (χ4v) is 0.804. The zero-order valence-electron chi connectivity index (χ0n) is 8.64. The molecule has 0 bridgehead atoms. The molecule has 0 aromatic rings. The maximum atomic E-state index is 11.7. The van der Waals surface area contributed by atoms with Crippen LogP contribution in [0.1, 0.15) is 6.92 Å². The van der Waals surface area contributed by atoms with Crippen molar-refractivity contribution in [2.75, 3.05) is 26.7 Å². The van der Waals surface area contributed by atoms with Crippen LogP contribution in [0.4, 0.5) is 13.2 Å². The average molecular weight is 228 g/mol. The Hall–Kier alpha value is -0.820. The van der Waals surface area contributed by atoms with E-state index >= 15 is 0 Å². The highest BCUT2D eigenvalue weighted by molar-refractivity contribution is 5.78. The van der Waals surface area contributed by atoms with Gasteiger partial charge >= 0.3 is 6.18 Å². The number of carbonyl (C=O) groups excluding carboxylic acids is 1. The van der Waals surface area contributed by atoms with E-state index in [9.17, 15) is 18.0 Å². The van der Waals surface area contributed by atoms with Gasteiger partial charge in [-0.3, -0.25) is 4.79 Å². The largest absolute Gasteiger partial charge is 0.401 e. The topological polar surface area (TPSA) is 52.6 Å². The summed E-state index contributed by atoms with van der Waals surface area (Å²) in [5, 5.41) is 10.7. The molecule has 7 heteroatoms. The highest BCUT2D eigenvalue weighted by Gasteiger charge is 2.27. The van der Waals surface area contributed by atoms with E-state index in [1.807, 2.05) is 5.32 Å². The lowest BCUT2D eigenvalue weighted by atomic mass is 10.3. The van der Waals surface area contributed by atoms with Crippen molar-refractivity contribution >= 4 is 5.91 Å². The Bertz CT molecular complexity index is 209. The molecular formula is C8H15F3N2O2. The van der Waals surface area contributed by atoms with E-state index < -0.39 is 24.7 Å². The maximum Gasteiger partial charge on any atom is 0.401 e.